The van der Waals surface area contributed by atoms with Crippen molar-refractivity contribution in [2.45, 2.75) is 38.4 Å². The molecule has 1 fully saturated rings. The molecule has 3 aromatic rings. The van der Waals surface area contributed by atoms with Crippen LogP contribution in [0.25, 0.3) is 0 Å². The Morgan fingerprint density at radius 1 is 1.00 bits per heavy atom. The second-order valence-electron chi connectivity index (χ2n) is 9.20. The van der Waals surface area contributed by atoms with E-state index < -0.39 is 41.3 Å². The van der Waals surface area contributed by atoms with Gasteiger partial charge in [-0.15, -0.1) is 0 Å². The van der Waals surface area contributed by atoms with Gasteiger partial charge in [-0.3, -0.25) is 14.5 Å². The highest BCUT2D eigenvalue weighted by Crippen LogP contribution is 2.38. The lowest BCUT2D eigenvalue weighted by molar-refractivity contribution is -0.137. The molecule has 0 saturated carbocycles. The highest BCUT2D eigenvalue weighted by atomic mass is 19.4. The zero-order chi connectivity index (χ0) is 29.0. The number of amidine groups is 1. The van der Waals surface area contributed by atoms with E-state index in [1.54, 1.807) is 31.2 Å². The summed E-state index contributed by atoms with van der Waals surface area (Å²) in [6.45, 7) is 3.74. The van der Waals surface area contributed by atoms with E-state index in [2.05, 4.69) is 5.32 Å². The quantitative estimate of drug-likeness (QED) is 0.371. The molecular weight excluding hydrogens is 524 g/mol. The van der Waals surface area contributed by atoms with Crippen LogP contribution in [-0.2, 0) is 11.0 Å². The minimum atomic E-state index is -4.65. The molecule has 2 atom stereocenters. The van der Waals surface area contributed by atoms with Crippen LogP contribution in [0.3, 0.4) is 0 Å². The fourth-order valence-corrected chi connectivity index (χ4v) is 4.69. The number of nitrogens with two attached hydrogens (primary N) is 1. The summed E-state index contributed by atoms with van der Waals surface area (Å²) in [7, 11) is 0. The van der Waals surface area contributed by atoms with Gasteiger partial charge in [-0.1, -0.05) is 43.3 Å². The van der Waals surface area contributed by atoms with Gasteiger partial charge in [0.1, 0.15) is 17.7 Å². The molecular formula is C30H28F4N4O2. The summed E-state index contributed by atoms with van der Waals surface area (Å²) >= 11 is 0. The van der Waals surface area contributed by atoms with Crippen molar-refractivity contribution in [3.8, 4) is 0 Å². The Bertz CT molecular complexity index is 1450. The second-order valence-corrected chi connectivity index (χ2v) is 9.20. The molecule has 0 aliphatic carbocycles. The molecule has 1 aliphatic rings. The van der Waals surface area contributed by atoms with Crippen molar-refractivity contribution in [1.82, 2.24) is 10.2 Å². The normalized spacial score (nSPS) is 20.0. The van der Waals surface area contributed by atoms with Crippen molar-refractivity contribution in [2.75, 3.05) is 6.54 Å². The lowest BCUT2D eigenvalue weighted by Gasteiger charge is -2.41. The van der Waals surface area contributed by atoms with Gasteiger partial charge in [-0.25, -0.2) is 9.38 Å². The van der Waals surface area contributed by atoms with E-state index in [-0.39, 0.29) is 17.9 Å². The Morgan fingerprint density at radius 2 is 1.68 bits per heavy atom. The minimum Gasteiger partial charge on any atom is -0.402 e. The number of nitrogens with zero attached hydrogens (tertiary/aromatic N) is 2. The molecule has 1 heterocycles. The van der Waals surface area contributed by atoms with Crippen LogP contribution in [-0.4, -0.2) is 35.1 Å². The zero-order valence-corrected chi connectivity index (χ0v) is 21.9. The molecule has 0 spiro atoms. The van der Waals surface area contributed by atoms with Gasteiger partial charge >= 0.3 is 6.18 Å². The molecule has 4 rings (SSSR count). The van der Waals surface area contributed by atoms with E-state index >= 15 is 0 Å². The predicted octanol–water partition coefficient (Wildman–Crippen LogP) is 5.94. The van der Waals surface area contributed by atoms with Crippen LogP contribution in [0.15, 0.2) is 95.1 Å². The summed E-state index contributed by atoms with van der Waals surface area (Å²) in [5.74, 6) is -2.51. The number of nitrogens with one attached hydrogen (secondary N) is 1. The van der Waals surface area contributed by atoms with Crippen LogP contribution in [0.4, 0.5) is 23.2 Å². The van der Waals surface area contributed by atoms with Gasteiger partial charge < -0.3 is 11.1 Å². The number of alkyl halides is 3. The molecule has 6 nitrogen and oxygen atoms in total. The first-order chi connectivity index (χ1) is 19.0. The maximum absolute atomic E-state index is 14.0. The van der Waals surface area contributed by atoms with E-state index in [9.17, 15) is 27.2 Å². The molecule has 0 radical (unpaired) electrons. The van der Waals surface area contributed by atoms with E-state index in [0.29, 0.717) is 28.9 Å². The number of para-hydroxylation sites is 1. The summed E-state index contributed by atoms with van der Waals surface area (Å²) < 4.78 is 53.8. The van der Waals surface area contributed by atoms with Crippen LogP contribution in [0.1, 0.15) is 47.7 Å². The van der Waals surface area contributed by atoms with E-state index in [4.69, 9.17) is 10.7 Å². The third-order valence-electron chi connectivity index (χ3n) is 6.68. The predicted molar refractivity (Wildman–Crippen MR) is 144 cm³/mol. The lowest BCUT2D eigenvalue weighted by atomic mass is 9.78. The Balaban J connectivity index is 1.88. The number of rotatable bonds is 6. The van der Waals surface area contributed by atoms with Gasteiger partial charge in [0, 0.05) is 29.3 Å². The van der Waals surface area contributed by atoms with Crippen LogP contribution in [0.5, 0.6) is 0 Å². The van der Waals surface area contributed by atoms with Crippen molar-refractivity contribution in [3.05, 3.63) is 113 Å². The summed E-state index contributed by atoms with van der Waals surface area (Å²) in [4.78, 5) is 33.4. The van der Waals surface area contributed by atoms with Gasteiger partial charge in [-0.2, -0.15) is 13.2 Å². The first-order valence-corrected chi connectivity index (χ1v) is 12.7. The lowest BCUT2D eigenvalue weighted by Crippen LogP contribution is -2.59. The topological polar surface area (TPSA) is 87.8 Å². The Kier molecular flexibility index (Phi) is 8.37. The maximum Gasteiger partial charge on any atom is 0.416 e. The number of hydrogen-bond acceptors (Lipinski definition) is 4. The number of halogens is 4. The van der Waals surface area contributed by atoms with Gasteiger partial charge in [0.05, 0.1) is 11.3 Å². The van der Waals surface area contributed by atoms with Crippen molar-refractivity contribution in [2.24, 2.45) is 10.7 Å². The SMILES string of the molecule is CC/C(N)=C1/C(=Nc2ccccc2)N(CC)C(=O)[C@@H](NC(=O)c2cccc(C(F)(F)F)c2)[C@H]1c1ccc(F)cc1. The van der Waals surface area contributed by atoms with Gasteiger partial charge in [0.2, 0.25) is 0 Å². The van der Waals surface area contributed by atoms with Crippen molar-refractivity contribution in [3.63, 3.8) is 0 Å². The fraction of sp³-hybridized carbons (Fsp3) is 0.233. The molecule has 10 heteroatoms. The van der Waals surface area contributed by atoms with Crippen molar-refractivity contribution in [1.29, 1.82) is 0 Å². The number of likely N-dealkylation sites (tertiary alicyclic amines) is 1. The van der Waals surface area contributed by atoms with Crippen LogP contribution < -0.4 is 11.1 Å². The standard InChI is InChI=1S/C30H28F4N4O2/c1-3-23(35)25-24(18-13-15-21(31)16-14-18)26(37-28(39)19-9-8-10-20(17-19)30(32,33)34)29(40)38(4-2)27(25)36-22-11-6-5-7-12-22/h5-17,24,26H,3-4,35H2,1-2H3,(H,37,39)/b25-23-,36-27?/t24-,26-/m0/s1. The molecule has 40 heavy (non-hydrogen) atoms. The van der Waals surface area contributed by atoms with Crippen molar-refractivity contribution < 1.29 is 27.2 Å². The molecule has 208 valence electrons. The summed E-state index contributed by atoms with van der Waals surface area (Å²) in [6, 6.07) is 17.1. The fourth-order valence-electron chi connectivity index (χ4n) is 4.69. The van der Waals surface area contributed by atoms with Gasteiger partial charge in [0.15, 0.2) is 0 Å². The average Bonchev–Trinajstić information content (AvgIpc) is 2.94. The Morgan fingerprint density at radius 3 is 2.27 bits per heavy atom. The highest BCUT2D eigenvalue weighted by Gasteiger charge is 2.46. The number of hydrogen-bond donors (Lipinski definition) is 2. The molecule has 0 aromatic heterocycles. The van der Waals surface area contributed by atoms with Gasteiger partial charge in [-0.05, 0) is 61.4 Å². The smallest absolute Gasteiger partial charge is 0.402 e. The van der Waals surface area contributed by atoms with E-state index in [1.807, 2.05) is 13.0 Å². The van der Waals surface area contributed by atoms with E-state index in [1.165, 1.54) is 35.2 Å². The summed E-state index contributed by atoms with van der Waals surface area (Å²) in [6.07, 6.45) is -4.28. The number of carbonyl (C=O) groups is 2. The highest BCUT2D eigenvalue weighted by molar-refractivity contribution is 6.15. The first kappa shape index (κ1) is 28.5. The second kappa shape index (κ2) is 11.7. The molecule has 0 unspecified atom stereocenters. The molecule has 1 saturated heterocycles. The van der Waals surface area contributed by atoms with Crippen LogP contribution in [0.2, 0.25) is 0 Å². The zero-order valence-electron chi connectivity index (χ0n) is 21.9. The first-order valence-electron chi connectivity index (χ1n) is 12.7. The molecule has 2 amide bonds. The molecule has 1 aliphatic heterocycles. The number of carbonyl (C=O) groups excluding carboxylic acids is 2. The monoisotopic (exact) mass is 552 g/mol. The summed E-state index contributed by atoms with van der Waals surface area (Å²) in [5, 5.41) is 2.65. The van der Waals surface area contributed by atoms with Crippen LogP contribution in [0, 0.1) is 5.82 Å². The van der Waals surface area contributed by atoms with Gasteiger partial charge in [0.25, 0.3) is 11.8 Å². The molecule has 3 N–H and O–H groups in total. The maximum atomic E-state index is 14.0. The van der Waals surface area contributed by atoms with E-state index in [0.717, 1.165) is 18.2 Å². The summed E-state index contributed by atoms with van der Waals surface area (Å²) in [5.41, 5.74) is 7.18. The number of benzene rings is 3. The number of amides is 2. The number of piperidine rings is 1. The molecule has 0 bridgehead atoms. The molecule has 3 aromatic carbocycles. The third-order valence-corrected chi connectivity index (χ3v) is 6.68. The Hall–Kier alpha value is -4.47. The largest absolute Gasteiger partial charge is 0.416 e. The number of likely N-dealkylation sites (N-methyl/N-ethyl adjacent to an activating group) is 1. The minimum absolute atomic E-state index is 0.178. The number of allylic oxidation sites excluding steroid dienone is 1. The Labute approximate surface area is 229 Å². The number of aliphatic imine (C=N–C) groups is 1. The van der Waals surface area contributed by atoms with Crippen LogP contribution >= 0.6 is 0 Å². The average molecular weight is 553 g/mol. The third kappa shape index (κ3) is 5.90. The van der Waals surface area contributed by atoms with Crippen molar-refractivity contribution >= 4 is 23.3 Å².